The van der Waals surface area contributed by atoms with Gasteiger partial charge in [-0.3, -0.25) is 9.48 Å². The van der Waals surface area contributed by atoms with E-state index < -0.39 is 5.63 Å². The van der Waals surface area contributed by atoms with E-state index in [1.54, 1.807) is 30.3 Å². The fourth-order valence-corrected chi connectivity index (χ4v) is 8.14. The van der Waals surface area contributed by atoms with E-state index in [4.69, 9.17) is 32.4 Å². The molecule has 12 heteroatoms. The molecular weight excluding hydrogens is 627 g/mol. The second kappa shape index (κ2) is 15.9. The summed E-state index contributed by atoms with van der Waals surface area (Å²) in [5, 5.41) is 13.7. The molecule has 1 amide bonds. The molecule has 0 saturated carbocycles. The maximum atomic E-state index is 12.6. The number of ether oxygens (including phenoxy) is 1. The van der Waals surface area contributed by atoms with Crippen molar-refractivity contribution in [1.29, 1.82) is 0 Å². The average molecular weight is 662 g/mol. The number of hydrogen-bond donors (Lipinski definition) is 1. The SMILES string of the molecule is O=C(CCCCC1CCSS1)NCc1cn(CCCCCOc2ccc3cc(-c4ccc(Cl)c(Cl)c4)c(=O)oc3c2)nn1. The number of halogens is 2. The molecule has 5 rings (SSSR count). The number of benzene rings is 2. The first-order valence-electron chi connectivity index (χ1n) is 14.5. The van der Waals surface area contributed by atoms with Gasteiger partial charge in [-0.25, -0.2) is 4.79 Å². The fourth-order valence-electron chi connectivity index (χ4n) is 4.82. The number of aromatic nitrogens is 3. The Labute approximate surface area is 268 Å². The topological polar surface area (TPSA) is 99.2 Å². The van der Waals surface area contributed by atoms with Crippen LogP contribution in [0.3, 0.4) is 0 Å². The molecule has 4 aromatic rings. The average Bonchev–Trinajstić information content (AvgIpc) is 3.69. The van der Waals surface area contributed by atoms with Gasteiger partial charge in [0.05, 0.1) is 35.0 Å². The molecule has 0 bridgehead atoms. The number of unbranched alkanes of at least 4 members (excludes halogenated alkanes) is 3. The van der Waals surface area contributed by atoms with E-state index in [9.17, 15) is 9.59 Å². The van der Waals surface area contributed by atoms with Gasteiger partial charge in [-0.05, 0) is 74.4 Å². The van der Waals surface area contributed by atoms with Gasteiger partial charge in [0.1, 0.15) is 17.0 Å². The van der Waals surface area contributed by atoms with Crippen molar-refractivity contribution in [3.8, 4) is 16.9 Å². The third kappa shape index (κ3) is 9.41. The van der Waals surface area contributed by atoms with Gasteiger partial charge in [-0.2, -0.15) is 0 Å². The summed E-state index contributed by atoms with van der Waals surface area (Å²) in [5.41, 5.74) is 1.84. The molecule has 1 aliphatic heterocycles. The van der Waals surface area contributed by atoms with Gasteiger partial charge in [0.15, 0.2) is 0 Å². The molecule has 3 heterocycles. The van der Waals surface area contributed by atoms with Gasteiger partial charge in [-0.1, -0.05) is 62.5 Å². The summed E-state index contributed by atoms with van der Waals surface area (Å²) in [5.74, 6) is 1.98. The zero-order valence-electron chi connectivity index (χ0n) is 23.7. The van der Waals surface area contributed by atoms with Crippen LogP contribution in [0.5, 0.6) is 5.75 Å². The third-order valence-electron chi connectivity index (χ3n) is 7.20. The summed E-state index contributed by atoms with van der Waals surface area (Å²) < 4.78 is 13.3. The summed E-state index contributed by atoms with van der Waals surface area (Å²) in [4.78, 5) is 24.8. The highest BCUT2D eigenvalue weighted by atomic mass is 35.5. The highest BCUT2D eigenvalue weighted by Gasteiger charge is 2.16. The van der Waals surface area contributed by atoms with E-state index in [-0.39, 0.29) is 5.91 Å². The van der Waals surface area contributed by atoms with Crippen molar-refractivity contribution in [2.24, 2.45) is 0 Å². The van der Waals surface area contributed by atoms with Crippen molar-refractivity contribution in [1.82, 2.24) is 20.3 Å². The number of fused-ring (bicyclic) bond motifs is 1. The van der Waals surface area contributed by atoms with Crippen LogP contribution < -0.4 is 15.7 Å². The van der Waals surface area contributed by atoms with Crippen LogP contribution in [0.1, 0.15) is 57.1 Å². The quantitative estimate of drug-likeness (QED) is 0.0779. The summed E-state index contributed by atoms with van der Waals surface area (Å²) >= 11 is 12.1. The second-order valence-electron chi connectivity index (χ2n) is 10.5. The molecule has 1 saturated heterocycles. The number of aryl methyl sites for hydroxylation is 1. The van der Waals surface area contributed by atoms with Crippen LogP contribution in [0, 0.1) is 0 Å². The smallest absolute Gasteiger partial charge is 0.344 e. The van der Waals surface area contributed by atoms with E-state index in [0.29, 0.717) is 52.1 Å². The fraction of sp³-hybridized carbons (Fsp3) is 0.419. The largest absolute Gasteiger partial charge is 0.493 e. The van der Waals surface area contributed by atoms with E-state index >= 15 is 0 Å². The molecule has 1 aliphatic rings. The molecular formula is C31H34Cl2N4O4S2. The second-order valence-corrected chi connectivity index (χ2v) is 14.1. The van der Waals surface area contributed by atoms with Crippen molar-refractivity contribution in [3.05, 3.63) is 74.8 Å². The van der Waals surface area contributed by atoms with Crippen molar-refractivity contribution >= 4 is 61.7 Å². The maximum Gasteiger partial charge on any atom is 0.344 e. The molecule has 43 heavy (non-hydrogen) atoms. The molecule has 0 spiro atoms. The maximum absolute atomic E-state index is 12.6. The first-order valence-corrected chi connectivity index (χ1v) is 17.7. The van der Waals surface area contributed by atoms with Crippen LogP contribution in [0.2, 0.25) is 10.0 Å². The minimum absolute atomic E-state index is 0.0737. The van der Waals surface area contributed by atoms with Crippen LogP contribution in [-0.4, -0.2) is 38.5 Å². The van der Waals surface area contributed by atoms with E-state index in [2.05, 4.69) is 15.6 Å². The van der Waals surface area contributed by atoms with Crippen molar-refractivity contribution < 1.29 is 13.9 Å². The highest BCUT2D eigenvalue weighted by Crippen LogP contribution is 2.40. The van der Waals surface area contributed by atoms with Crippen molar-refractivity contribution in [3.63, 3.8) is 0 Å². The lowest BCUT2D eigenvalue weighted by Gasteiger charge is -2.08. The summed E-state index contributed by atoms with van der Waals surface area (Å²) in [6.07, 6.45) is 9.76. The monoisotopic (exact) mass is 660 g/mol. The Hall–Kier alpha value is -2.66. The Morgan fingerprint density at radius 1 is 1.07 bits per heavy atom. The van der Waals surface area contributed by atoms with Crippen LogP contribution in [0.25, 0.3) is 22.1 Å². The number of rotatable bonds is 15. The molecule has 2 aromatic heterocycles. The molecule has 1 unspecified atom stereocenters. The van der Waals surface area contributed by atoms with E-state index in [1.807, 2.05) is 44.6 Å². The Kier molecular flexibility index (Phi) is 11.7. The van der Waals surface area contributed by atoms with E-state index in [0.717, 1.165) is 55.0 Å². The minimum Gasteiger partial charge on any atom is -0.493 e. The van der Waals surface area contributed by atoms with Gasteiger partial charge >= 0.3 is 5.63 Å². The number of amides is 1. The Morgan fingerprint density at radius 2 is 1.98 bits per heavy atom. The molecule has 1 N–H and O–H groups in total. The number of carbonyl (C=O) groups excluding carboxylic acids is 1. The van der Waals surface area contributed by atoms with Crippen LogP contribution >= 0.6 is 44.8 Å². The summed E-state index contributed by atoms with van der Waals surface area (Å²) in [6, 6.07) is 12.3. The number of nitrogens with zero attached hydrogens (tertiary/aromatic N) is 3. The van der Waals surface area contributed by atoms with Gasteiger partial charge in [-0.15, -0.1) is 5.10 Å². The van der Waals surface area contributed by atoms with Gasteiger partial charge < -0.3 is 14.5 Å². The number of hydrogen-bond acceptors (Lipinski definition) is 8. The number of carbonyl (C=O) groups is 1. The predicted molar refractivity (Wildman–Crippen MR) is 176 cm³/mol. The summed E-state index contributed by atoms with van der Waals surface area (Å²) in [7, 11) is 3.96. The minimum atomic E-state index is -0.454. The zero-order chi connectivity index (χ0) is 30.0. The molecule has 1 fully saturated rings. The Bertz CT molecular complexity index is 1590. The zero-order valence-corrected chi connectivity index (χ0v) is 26.9. The normalized spacial score (nSPS) is 14.8. The first-order chi connectivity index (χ1) is 20.9. The van der Waals surface area contributed by atoms with Gasteiger partial charge in [0.25, 0.3) is 0 Å². The summed E-state index contributed by atoms with van der Waals surface area (Å²) in [6.45, 7) is 1.70. The van der Waals surface area contributed by atoms with Crippen molar-refractivity contribution in [2.45, 2.75) is 69.7 Å². The number of nitrogens with one attached hydrogen (secondary N) is 1. The molecule has 8 nitrogen and oxygen atoms in total. The lowest BCUT2D eigenvalue weighted by atomic mass is 10.1. The molecule has 0 radical (unpaired) electrons. The van der Waals surface area contributed by atoms with Crippen LogP contribution in [0.15, 0.2) is 57.9 Å². The predicted octanol–water partition coefficient (Wildman–Crippen LogP) is 7.94. The van der Waals surface area contributed by atoms with Gasteiger partial charge in [0, 0.05) is 35.4 Å². The highest BCUT2D eigenvalue weighted by molar-refractivity contribution is 8.77. The standard InChI is InChI=1S/C31H34Cl2N4O4S2/c32-27-11-9-21(17-28(27)33)26-16-22-8-10-24(18-29(22)41-31(26)39)40-14-5-1-4-13-37-20-23(35-36-37)19-34-30(38)7-3-2-6-25-12-15-42-43-25/h8-11,16-18,20,25H,1-7,12-15,19H2,(H,34,38). The Balaban J connectivity index is 0.980. The molecule has 0 aliphatic carbocycles. The first kappa shape index (κ1) is 31.8. The Morgan fingerprint density at radius 3 is 2.81 bits per heavy atom. The van der Waals surface area contributed by atoms with Crippen LogP contribution in [-0.2, 0) is 17.9 Å². The van der Waals surface area contributed by atoms with E-state index in [1.165, 1.54) is 18.6 Å². The molecule has 2 aromatic carbocycles. The van der Waals surface area contributed by atoms with Crippen LogP contribution in [0.4, 0.5) is 0 Å². The lowest BCUT2D eigenvalue weighted by molar-refractivity contribution is -0.121. The third-order valence-corrected chi connectivity index (χ3v) is 10.9. The van der Waals surface area contributed by atoms with Crippen molar-refractivity contribution in [2.75, 3.05) is 12.4 Å². The lowest BCUT2D eigenvalue weighted by Crippen LogP contribution is -2.22. The molecule has 1 atom stereocenters. The van der Waals surface area contributed by atoms with Gasteiger partial charge in [0.2, 0.25) is 5.91 Å². The molecule has 228 valence electrons.